The first-order valence-corrected chi connectivity index (χ1v) is 10.1. The molecule has 0 aliphatic carbocycles. The van der Waals surface area contributed by atoms with E-state index in [1.807, 2.05) is 6.07 Å². The third-order valence-corrected chi connectivity index (χ3v) is 6.67. The van der Waals surface area contributed by atoms with E-state index in [1.165, 1.54) is 17.8 Å². The van der Waals surface area contributed by atoms with Crippen LogP contribution in [0.4, 0.5) is 4.39 Å². The first-order chi connectivity index (χ1) is 13.4. The average Bonchev–Trinajstić information content (AvgIpc) is 2.68. The molecule has 0 amide bonds. The van der Waals surface area contributed by atoms with Gasteiger partial charge in [0.05, 0.1) is 18.3 Å². The van der Waals surface area contributed by atoms with Crippen LogP contribution in [0.2, 0.25) is 0 Å². The number of carbonyl (C=O) groups is 1. The van der Waals surface area contributed by atoms with Gasteiger partial charge in [0.2, 0.25) is 0 Å². The van der Waals surface area contributed by atoms with Gasteiger partial charge in [0.1, 0.15) is 11.4 Å². The molecule has 2 aromatic rings. The molecule has 2 aliphatic rings. The maximum absolute atomic E-state index is 14.7. The zero-order chi connectivity index (χ0) is 19.9. The number of rotatable bonds is 3. The first-order valence-electron chi connectivity index (χ1n) is 9.10. The van der Waals surface area contributed by atoms with E-state index in [1.54, 1.807) is 37.3 Å². The van der Waals surface area contributed by atoms with E-state index in [-0.39, 0.29) is 30.0 Å². The van der Waals surface area contributed by atoms with Crippen LogP contribution in [-0.4, -0.2) is 28.6 Å². The number of carboxylic acid groups (broad SMARTS) is 1. The second-order valence-corrected chi connectivity index (χ2v) is 8.26. The molecule has 3 N–H and O–H groups in total. The Balaban J connectivity index is 1.72. The SMILES string of the molecule is Cc1c(C(=O)O)cccc1[C@H]1C[C@H]2CSC(N)=N[C@@]2(c2ccccc2F)CO1. The number of hydrogen-bond donors (Lipinski definition) is 2. The van der Waals surface area contributed by atoms with Crippen LogP contribution in [0.5, 0.6) is 0 Å². The zero-order valence-electron chi connectivity index (χ0n) is 15.4. The summed E-state index contributed by atoms with van der Waals surface area (Å²) in [7, 11) is 0. The fraction of sp³-hybridized carbons (Fsp3) is 0.333. The van der Waals surface area contributed by atoms with E-state index >= 15 is 0 Å². The van der Waals surface area contributed by atoms with Crippen LogP contribution in [0, 0.1) is 18.7 Å². The van der Waals surface area contributed by atoms with E-state index in [0.717, 1.165) is 5.56 Å². The van der Waals surface area contributed by atoms with Gasteiger partial charge in [0.25, 0.3) is 0 Å². The summed E-state index contributed by atoms with van der Waals surface area (Å²) >= 11 is 1.47. The van der Waals surface area contributed by atoms with Crippen molar-refractivity contribution in [3.05, 3.63) is 70.5 Å². The van der Waals surface area contributed by atoms with Crippen molar-refractivity contribution in [2.24, 2.45) is 16.6 Å². The molecule has 0 aromatic heterocycles. The van der Waals surface area contributed by atoms with Gasteiger partial charge in [-0.25, -0.2) is 14.2 Å². The first kappa shape index (κ1) is 19.0. The Morgan fingerprint density at radius 2 is 2.11 bits per heavy atom. The smallest absolute Gasteiger partial charge is 0.335 e. The Bertz CT molecular complexity index is 964. The molecule has 3 atom stereocenters. The van der Waals surface area contributed by atoms with Crippen LogP contribution in [0.3, 0.4) is 0 Å². The van der Waals surface area contributed by atoms with Gasteiger partial charge < -0.3 is 15.6 Å². The highest BCUT2D eigenvalue weighted by molar-refractivity contribution is 8.13. The highest BCUT2D eigenvalue weighted by Gasteiger charge is 2.49. The molecule has 0 saturated carbocycles. The maximum Gasteiger partial charge on any atom is 0.335 e. The number of carboxylic acids is 1. The second kappa shape index (κ2) is 7.22. The predicted octanol–water partition coefficient (Wildman–Crippen LogP) is 3.87. The van der Waals surface area contributed by atoms with E-state index in [2.05, 4.69) is 4.99 Å². The minimum Gasteiger partial charge on any atom is -0.478 e. The summed E-state index contributed by atoms with van der Waals surface area (Å²) in [6, 6.07) is 11.9. The fourth-order valence-electron chi connectivity index (χ4n) is 4.23. The van der Waals surface area contributed by atoms with Crippen molar-refractivity contribution in [2.45, 2.75) is 25.0 Å². The number of fused-ring (bicyclic) bond motifs is 1. The van der Waals surface area contributed by atoms with Gasteiger partial charge in [-0.3, -0.25) is 0 Å². The molecular formula is C21H21FN2O3S. The molecule has 2 aromatic carbocycles. The number of aromatic carboxylic acids is 1. The van der Waals surface area contributed by atoms with Crippen molar-refractivity contribution in [1.82, 2.24) is 0 Å². The Labute approximate surface area is 166 Å². The predicted molar refractivity (Wildman–Crippen MR) is 107 cm³/mol. The fourth-order valence-corrected chi connectivity index (χ4v) is 5.24. The van der Waals surface area contributed by atoms with Crippen LogP contribution in [0.15, 0.2) is 47.5 Å². The van der Waals surface area contributed by atoms with Crippen molar-refractivity contribution in [3.63, 3.8) is 0 Å². The van der Waals surface area contributed by atoms with Crippen molar-refractivity contribution in [1.29, 1.82) is 0 Å². The van der Waals surface area contributed by atoms with Gasteiger partial charge in [-0.2, -0.15) is 0 Å². The summed E-state index contributed by atoms with van der Waals surface area (Å²) < 4.78 is 20.8. The Morgan fingerprint density at radius 1 is 1.32 bits per heavy atom. The molecule has 1 fully saturated rings. The summed E-state index contributed by atoms with van der Waals surface area (Å²) in [5.41, 5.74) is 7.48. The van der Waals surface area contributed by atoms with Crippen LogP contribution in [0.1, 0.15) is 39.6 Å². The molecule has 0 radical (unpaired) electrons. The number of amidine groups is 1. The van der Waals surface area contributed by atoms with Gasteiger partial charge in [-0.05, 0) is 36.6 Å². The lowest BCUT2D eigenvalue weighted by Gasteiger charge is -2.46. The van der Waals surface area contributed by atoms with Crippen LogP contribution in [0.25, 0.3) is 0 Å². The molecule has 28 heavy (non-hydrogen) atoms. The van der Waals surface area contributed by atoms with Gasteiger partial charge >= 0.3 is 5.97 Å². The van der Waals surface area contributed by atoms with Crippen LogP contribution in [-0.2, 0) is 10.3 Å². The molecule has 4 rings (SSSR count). The Kier molecular flexibility index (Phi) is 4.89. The molecule has 146 valence electrons. The summed E-state index contributed by atoms with van der Waals surface area (Å²) in [6.07, 6.45) is 0.349. The minimum absolute atomic E-state index is 0.0216. The molecule has 0 unspecified atom stereocenters. The normalized spacial score (nSPS) is 27.0. The van der Waals surface area contributed by atoms with Crippen molar-refractivity contribution >= 4 is 22.9 Å². The highest BCUT2D eigenvalue weighted by atomic mass is 32.2. The van der Waals surface area contributed by atoms with Gasteiger partial charge in [-0.15, -0.1) is 0 Å². The third-order valence-electron chi connectivity index (χ3n) is 5.71. The lowest BCUT2D eigenvalue weighted by atomic mass is 9.74. The molecule has 1 saturated heterocycles. The zero-order valence-corrected chi connectivity index (χ0v) is 16.2. The van der Waals surface area contributed by atoms with Crippen molar-refractivity contribution in [2.75, 3.05) is 12.4 Å². The quantitative estimate of drug-likeness (QED) is 0.817. The molecule has 5 nitrogen and oxygen atoms in total. The second-order valence-electron chi connectivity index (χ2n) is 7.22. The van der Waals surface area contributed by atoms with Crippen molar-refractivity contribution < 1.29 is 19.0 Å². The summed E-state index contributed by atoms with van der Waals surface area (Å²) in [4.78, 5) is 16.1. The van der Waals surface area contributed by atoms with Gasteiger partial charge in [0, 0.05) is 17.2 Å². The largest absolute Gasteiger partial charge is 0.478 e. The molecule has 2 aliphatic heterocycles. The molecular weight excluding hydrogens is 379 g/mol. The summed E-state index contributed by atoms with van der Waals surface area (Å²) in [5.74, 6) is -0.543. The standard InChI is InChI=1S/C21H21FN2O3S/c1-12-14(5-4-6-15(12)19(25)26)18-9-13-10-28-20(23)24-21(13,11-27-18)16-7-2-3-8-17(16)22/h2-8,13,18H,9-11H2,1H3,(H2,23,24)(H,25,26)/t13-,18+,21-/m0/s1. The lowest BCUT2D eigenvalue weighted by Crippen LogP contribution is -2.48. The van der Waals surface area contributed by atoms with Crippen LogP contribution < -0.4 is 5.73 Å². The molecule has 2 heterocycles. The number of ether oxygens (including phenoxy) is 1. The van der Waals surface area contributed by atoms with Gasteiger partial charge in [0.15, 0.2) is 5.17 Å². The number of halogens is 1. The number of hydrogen-bond acceptors (Lipinski definition) is 5. The summed E-state index contributed by atoms with van der Waals surface area (Å²) in [6.45, 7) is 1.99. The average molecular weight is 400 g/mol. The molecule has 0 bridgehead atoms. The van der Waals surface area contributed by atoms with Gasteiger partial charge in [-0.1, -0.05) is 42.1 Å². The number of thioether (sulfide) groups is 1. The lowest BCUT2D eigenvalue weighted by molar-refractivity contribution is -0.0590. The van der Waals surface area contributed by atoms with Crippen LogP contribution >= 0.6 is 11.8 Å². The Morgan fingerprint density at radius 3 is 2.86 bits per heavy atom. The number of benzene rings is 2. The molecule has 0 spiro atoms. The number of nitrogens with zero attached hydrogens (tertiary/aromatic N) is 1. The Hall–Kier alpha value is -2.38. The minimum atomic E-state index is -0.957. The number of nitrogens with two attached hydrogens (primary N) is 1. The van der Waals surface area contributed by atoms with E-state index in [9.17, 15) is 14.3 Å². The monoisotopic (exact) mass is 400 g/mol. The van der Waals surface area contributed by atoms with E-state index < -0.39 is 11.5 Å². The molecule has 7 heteroatoms. The van der Waals surface area contributed by atoms with E-state index in [0.29, 0.717) is 28.5 Å². The number of aliphatic imine (C=N–C) groups is 1. The highest BCUT2D eigenvalue weighted by Crippen LogP contribution is 2.49. The van der Waals surface area contributed by atoms with Crippen molar-refractivity contribution in [3.8, 4) is 0 Å². The van der Waals surface area contributed by atoms with E-state index in [4.69, 9.17) is 10.5 Å². The third kappa shape index (κ3) is 3.08. The topological polar surface area (TPSA) is 84.9 Å². The maximum atomic E-state index is 14.7. The summed E-state index contributed by atoms with van der Waals surface area (Å²) in [5, 5.41) is 9.84.